The van der Waals surface area contributed by atoms with Crippen LogP contribution in [0.15, 0.2) is 144 Å². The lowest BCUT2D eigenvalue weighted by atomic mass is 9.85. The number of hydrogen-bond acceptors (Lipinski definition) is 2. The number of benzene rings is 7. The molecule has 0 aliphatic heterocycles. The van der Waals surface area contributed by atoms with Gasteiger partial charge in [0.2, 0.25) is 0 Å². The highest BCUT2D eigenvalue weighted by atomic mass is 16.3. The average Bonchev–Trinajstić information content (AvgIpc) is 3.70. The van der Waals surface area contributed by atoms with Gasteiger partial charge in [0.15, 0.2) is 0 Å². The first kappa shape index (κ1) is 20.3. The maximum absolute atomic E-state index is 8.59. The van der Waals surface area contributed by atoms with E-state index < -0.39 is 13.2 Å². The van der Waals surface area contributed by atoms with E-state index in [0.29, 0.717) is 16.7 Å². The summed E-state index contributed by atoms with van der Waals surface area (Å²) in [7, 11) is 0. The third kappa shape index (κ3) is 3.59. The Morgan fingerprint density at radius 1 is 0.614 bits per heavy atom. The standard InChI is InChI=1S/C41H28N2O/c1-2-38-42-34-18-8-9-19-35(34)43(38)27-24-22-26(23-25-27)39-28-12-3-5-14-30(28)40(31-15-6-4-13-29(31)39)33-17-11-21-37-41(33)32-16-7-10-20-36(32)44-37/h3-25H,2H2,1H3/i1D3,2D2. The van der Waals surface area contributed by atoms with Crippen LogP contribution in [0.2, 0.25) is 0 Å². The summed E-state index contributed by atoms with van der Waals surface area (Å²) in [4.78, 5) is 4.49. The van der Waals surface area contributed by atoms with Crippen LogP contribution in [0.25, 0.3) is 82.5 Å². The average molecular weight is 570 g/mol. The molecule has 0 spiro atoms. The largest absolute Gasteiger partial charge is 0.456 e. The molecule has 0 aliphatic carbocycles. The number of hydrogen-bond donors (Lipinski definition) is 0. The Kier molecular flexibility index (Phi) is 4.46. The van der Waals surface area contributed by atoms with Gasteiger partial charge in [0, 0.05) is 29.7 Å². The molecular weight excluding hydrogens is 536 g/mol. The van der Waals surface area contributed by atoms with E-state index in [-0.39, 0.29) is 5.82 Å². The molecule has 0 unspecified atom stereocenters. The highest BCUT2D eigenvalue weighted by Crippen LogP contribution is 2.46. The molecule has 0 fully saturated rings. The summed E-state index contributed by atoms with van der Waals surface area (Å²) in [5.41, 5.74) is 7.83. The van der Waals surface area contributed by atoms with Crippen molar-refractivity contribution >= 4 is 54.5 Å². The summed E-state index contributed by atoms with van der Waals surface area (Å²) >= 11 is 0. The number of para-hydroxylation sites is 3. The first-order chi connectivity index (χ1) is 23.7. The maximum atomic E-state index is 8.59. The van der Waals surface area contributed by atoms with Gasteiger partial charge in [0.05, 0.1) is 11.0 Å². The maximum Gasteiger partial charge on any atom is 0.136 e. The summed E-state index contributed by atoms with van der Waals surface area (Å²) in [5.74, 6) is -0.150. The fourth-order valence-electron chi connectivity index (χ4n) is 6.86. The smallest absolute Gasteiger partial charge is 0.136 e. The quantitative estimate of drug-likeness (QED) is 0.197. The second-order valence-electron chi connectivity index (χ2n) is 11.0. The number of aromatic nitrogens is 2. The molecule has 2 heterocycles. The number of nitrogens with zero attached hydrogens (tertiary/aromatic N) is 2. The molecule has 0 aliphatic rings. The zero-order chi connectivity index (χ0) is 33.5. The van der Waals surface area contributed by atoms with Crippen molar-refractivity contribution < 1.29 is 11.3 Å². The van der Waals surface area contributed by atoms with E-state index in [0.717, 1.165) is 65.7 Å². The van der Waals surface area contributed by atoms with Gasteiger partial charge in [-0.15, -0.1) is 0 Å². The first-order valence-electron chi connectivity index (χ1n) is 17.2. The number of aryl methyl sites for hydroxylation is 1. The SMILES string of the molecule is [2H]C([2H])([2H])C([2H])([2H])c1nc2ccccc2n1-c1ccc(-c2c3ccccc3c(-c3cccc4oc5ccccc5c34)c3ccccc23)cc1. The van der Waals surface area contributed by atoms with Crippen LogP contribution in [0.3, 0.4) is 0 Å². The van der Waals surface area contributed by atoms with E-state index in [9.17, 15) is 0 Å². The van der Waals surface area contributed by atoms with Gasteiger partial charge < -0.3 is 4.42 Å². The molecule has 0 amide bonds. The van der Waals surface area contributed by atoms with Crippen molar-refractivity contribution in [3.8, 4) is 27.9 Å². The second-order valence-corrected chi connectivity index (χ2v) is 11.0. The Morgan fingerprint density at radius 3 is 1.95 bits per heavy atom. The molecular formula is C41H28N2O. The topological polar surface area (TPSA) is 31.0 Å². The molecule has 0 atom stereocenters. The summed E-state index contributed by atoms with van der Waals surface area (Å²) < 4.78 is 49.0. The van der Waals surface area contributed by atoms with E-state index in [4.69, 9.17) is 11.3 Å². The Balaban J connectivity index is 1.28. The van der Waals surface area contributed by atoms with Crippen LogP contribution in [0.4, 0.5) is 0 Å². The van der Waals surface area contributed by atoms with E-state index >= 15 is 0 Å². The van der Waals surface area contributed by atoms with E-state index in [1.807, 2.05) is 66.7 Å². The second kappa shape index (κ2) is 9.68. The molecule has 7 aromatic carbocycles. The van der Waals surface area contributed by atoms with Crippen molar-refractivity contribution in [2.45, 2.75) is 13.2 Å². The van der Waals surface area contributed by atoms with Crippen molar-refractivity contribution in [3.05, 3.63) is 145 Å². The van der Waals surface area contributed by atoms with Crippen LogP contribution < -0.4 is 0 Å². The minimum absolute atomic E-state index is 0.150. The molecule has 0 saturated heterocycles. The lowest BCUT2D eigenvalue weighted by molar-refractivity contribution is 0.669. The molecule has 9 rings (SSSR count). The number of fused-ring (bicyclic) bond motifs is 6. The van der Waals surface area contributed by atoms with Crippen LogP contribution in [0.5, 0.6) is 0 Å². The Morgan fingerprint density at radius 2 is 1.23 bits per heavy atom. The molecule has 3 nitrogen and oxygen atoms in total. The van der Waals surface area contributed by atoms with Crippen molar-refractivity contribution in [1.82, 2.24) is 9.55 Å². The molecule has 9 aromatic rings. The molecule has 3 heteroatoms. The summed E-state index contributed by atoms with van der Waals surface area (Å²) in [6.45, 7) is -2.90. The van der Waals surface area contributed by atoms with Crippen LogP contribution in [0, 0.1) is 0 Å². The lowest BCUT2D eigenvalue weighted by Gasteiger charge is -2.18. The third-order valence-electron chi connectivity index (χ3n) is 8.69. The minimum atomic E-state index is -2.90. The van der Waals surface area contributed by atoms with Crippen molar-refractivity contribution in [1.29, 1.82) is 0 Å². The normalized spacial score (nSPS) is 14.1. The van der Waals surface area contributed by atoms with Gasteiger partial charge in [-0.2, -0.15) is 0 Å². The molecule has 208 valence electrons. The van der Waals surface area contributed by atoms with Gasteiger partial charge in [-0.3, -0.25) is 4.57 Å². The molecule has 0 N–H and O–H groups in total. The molecule has 2 aromatic heterocycles. The Hall–Kier alpha value is -5.67. The number of imidazole rings is 1. The van der Waals surface area contributed by atoms with Gasteiger partial charge >= 0.3 is 0 Å². The third-order valence-corrected chi connectivity index (χ3v) is 8.69. The van der Waals surface area contributed by atoms with E-state index in [1.165, 1.54) is 0 Å². The van der Waals surface area contributed by atoms with Gasteiger partial charge in [-0.25, -0.2) is 4.98 Å². The van der Waals surface area contributed by atoms with Crippen molar-refractivity contribution in [2.75, 3.05) is 0 Å². The molecule has 0 radical (unpaired) electrons. The minimum Gasteiger partial charge on any atom is -0.456 e. The van der Waals surface area contributed by atoms with Crippen LogP contribution in [-0.2, 0) is 6.37 Å². The van der Waals surface area contributed by atoms with Crippen LogP contribution in [-0.4, -0.2) is 9.55 Å². The number of furan rings is 1. The van der Waals surface area contributed by atoms with Gasteiger partial charge in [-0.05, 0) is 80.2 Å². The summed E-state index contributed by atoms with van der Waals surface area (Å²) in [6.07, 6.45) is -2.67. The van der Waals surface area contributed by atoms with Crippen molar-refractivity contribution in [2.24, 2.45) is 0 Å². The lowest BCUT2D eigenvalue weighted by Crippen LogP contribution is -2.00. The zero-order valence-corrected chi connectivity index (χ0v) is 23.6. The summed E-state index contributed by atoms with van der Waals surface area (Å²) in [5, 5.41) is 6.60. The predicted octanol–water partition coefficient (Wildman–Crippen LogP) is 11.1. The van der Waals surface area contributed by atoms with Gasteiger partial charge in [0.25, 0.3) is 0 Å². The monoisotopic (exact) mass is 569 g/mol. The fourth-order valence-corrected chi connectivity index (χ4v) is 6.86. The highest BCUT2D eigenvalue weighted by Gasteiger charge is 2.20. The Labute approximate surface area is 261 Å². The van der Waals surface area contributed by atoms with Crippen LogP contribution in [0.1, 0.15) is 19.5 Å². The van der Waals surface area contributed by atoms with Crippen molar-refractivity contribution in [3.63, 3.8) is 0 Å². The van der Waals surface area contributed by atoms with E-state index in [2.05, 4.69) is 71.7 Å². The first-order valence-corrected chi connectivity index (χ1v) is 14.7. The van der Waals surface area contributed by atoms with E-state index in [1.54, 1.807) is 10.6 Å². The van der Waals surface area contributed by atoms with Gasteiger partial charge in [-0.1, -0.05) is 110 Å². The Bertz CT molecular complexity index is 2680. The molecule has 44 heavy (non-hydrogen) atoms. The zero-order valence-electron chi connectivity index (χ0n) is 28.6. The predicted molar refractivity (Wildman–Crippen MR) is 184 cm³/mol. The molecule has 0 saturated carbocycles. The number of rotatable bonds is 4. The summed E-state index contributed by atoms with van der Waals surface area (Å²) in [6, 6.07) is 46.5. The highest BCUT2D eigenvalue weighted by molar-refractivity contribution is 6.25. The van der Waals surface area contributed by atoms with Crippen LogP contribution >= 0.6 is 0 Å². The fraction of sp³-hybridized carbons (Fsp3) is 0.0488. The van der Waals surface area contributed by atoms with Gasteiger partial charge in [0.1, 0.15) is 17.0 Å². The molecule has 0 bridgehead atoms.